The van der Waals surface area contributed by atoms with Gasteiger partial charge in [0, 0.05) is 37.6 Å². The zero-order valence-electron chi connectivity index (χ0n) is 16.8. The number of benzene rings is 2. The summed E-state index contributed by atoms with van der Waals surface area (Å²) in [6.45, 7) is 3.13. The Kier molecular flexibility index (Phi) is 5.69. The number of hydrogen-bond donors (Lipinski definition) is 1. The zero-order chi connectivity index (χ0) is 21.1. The molecule has 7 nitrogen and oxygen atoms in total. The van der Waals surface area contributed by atoms with Gasteiger partial charge in [-0.05, 0) is 49.1 Å². The molecule has 1 aromatic heterocycles. The average Bonchev–Trinajstić information content (AvgIpc) is 3.47. The lowest BCUT2D eigenvalue weighted by Gasteiger charge is -2.18. The van der Waals surface area contributed by atoms with Crippen molar-refractivity contribution in [2.45, 2.75) is 31.2 Å². The smallest absolute Gasteiger partial charge is 0.251 e. The second kappa shape index (κ2) is 8.41. The second-order valence-corrected chi connectivity index (χ2v) is 9.28. The monoisotopic (exact) mass is 424 g/mol. The van der Waals surface area contributed by atoms with Crippen LogP contribution in [0, 0.1) is 6.92 Å². The summed E-state index contributed by atoms with van der Waals surface area (Å²) in [5, 5.41) is 2.90. The number of nitrogens with zero attached hydrogens (tertiary/aromatic N) is 3. The molecular formula is C22H24N4O3S. The number of nitrogens with one attached hydrogen (secondary N) is 1. The van der Waals surface area contributed by atoms with Crippen molar-refractivity contribution in [3.05, 3.63) is 77.9 Å². The predicted molar refractivity (Wildman–Crippen MR) is 114 cm³/mol. The van der Waals surface area contributed by atoms with Crippen molar-refractivity contribution >= 4 is 15.9 Å². The highest BCUT2D eigenvalue weighted by Crippen LogP contribution is 2.25. The molecule has 1 amide bonds. The van der Waals surface area contributed by atoms with Crippen LogP contribution in [0.4, 0.5) is 0 Å². The standard InChI is InChI=1S/C22H24N4O3S/c1-17-8-9-18(14-21(17)30(28,29)26-11-4-5-12-26)22(27)24-15-19-6-2-3-7-20(19)25-13-10-23-16-25/h2-3,6-10,13-14,16H,4-5,11-12,15H2,1H3,(H,24,27). The van der Waals surface area contributed by atoms with Crippen molar-refractivity contribution in [2.24, 2.45) is 0 Å². The Hall–Kier alpha value is -2.97. The summed E-state index contributed by atoms with van der Waals surface area (Å²) in [5.74, 6) is -0.312. The Morgan fingerprint density at radius 3 is 2.63 bits per heavy atom. The number of imidazole rings is 1. The maximum Gasteiger partial charge on any atom is 0.251 e. The van der Waals surface area contributed by atoms with Crippen LogP contribution >= 0.6 is 0 Å². The zero-order valence-corrected chi connectivity index (χ0v) is 17.6. The number of carbonyl (C=O) groups is 1. The van der Waals surface area contributed by atoms with Crippen molar-refractivity contribution in [1.82, 2.24) is 19.2 Å². The van der Waals surface area contributed by atoms with Gasteiger partial charge in [-0.1, -0.05) is 24.3 Å². The summed E-state index contributed by atoms with van der Waals surface area (Å²) in [7, 11) is -3.59. The lowest BCUT2D eigenvalue weighted by atomic mass is 10.1. The molecule has 0 saturated carbocycles. The minimum atomic E-state index is -3.59. The maximum absolute atomic E-state index is 13.0. The van der Waals surface area contributed by atoms with Gasteiger partial charge in [-0.2, -0.15) is 4.31 Å². The van der Waals surface area contributed by atoms with Gasteiger partial charge in [-0.3, -0.25) is 4.79 Å². The lowest BCUT2D eigenvalue weighted by Crippen LogP contribution is -2.29. The van der Waals surface area contributed by atoms with E-state index >= 15 is 0 Å². The minimum absolute atomic E-state index is 0.205. The molecule has 1 fully saturated rings. The van der Waals surface area contributed by atoms with Crippen LogP contribution in [0.25, 0.3) is 5.69 Å². The van der Waals surface area contributed by atoms with E-state index in [4.69, 9.17) is 0 Å². The van der Waals surface area contributed by atoms with E-state index in [1.54, 1.807) is 31.6 Å². The lowest BCUT2D eigenvalue weighted by molar-refractivity contribution is 0.0950. The highest BCUT2D eigenvalue weighted by Gasteiger charge is 2.29. The highest BCUT2D eigenvalue weighted by molar-refractivity contribution is 7.89. The molecule has 2 aromatic carbocycles. The van der Waals surface area contributed by atoms with Crippen molar-refractivity contribution in [3.8, 4) is 5.69 Å². The van der Waals surface area contributed by atoms with Crippen molar-refractivity contribution in [3.63, 3.8) is 0 Å². The average molecular weight is 425 g/mol. The number of sulfonamides is 1. The van der Waals surface area contributed by atoms with Crippen LogP contribution in [0.3, 0.4) is 0 Å². The van der Waals surface area contributed by atoms with Crippen LogP contribution in [0.2, 0.25) is 0 Å². The third-order valence-corrected chi connectivity index (χ3v) is 7.39. The van der Waals surface area contributed by atoms with Gasteiger partial charge in [0.2, 0.25) is 10.0 Å². The molecule has 0 aliphatic carbocycles. The first-order valence-electron chi connectivity index (χ1n) is 9.92. The Labute approximate surface area is 176 Å². The quantitative estimate of drug-likeness (QED) is 0.659. The van der Waals surface area contributed by atoms with E-state index in [1.165, 1.54) is 10.4 Å². The van der Waals surface area contributed by atoms with Crippen LogP contribution in [0.1, 0.15) is 34.3 Å². The molecular weight excluding hydrogens is 400 g/mol. The van der Waals surface area contributed by atoms with Gasteiger partial charge in [0.05, 0.1) is 16.9 Å². The number of rotatable bonds is 6. The van der Waals surface area contributed by atoms with Gasteiger partial charge < -0.3 is 9.88 Å². The number of aryl methyl sites for hydroxylation is 1. The molecule has 1 aliphatic heterocycles. The molecule has 1 aliphatic rings. The highest BCUT2D eigenvalue weighted by atomic mass is 32.2. The van der Waals surface area contributed by atoms with Crippen molar-refractivity contribution in [2.75, 3.05) is 13.1 Å². The second-order valence-electron chi connectivity index (χ2n) is 7.37. The van der Waals surface area contributed by atoms with Crippen LogP contribution in [0.15, 0.2) is 66.1 Å². The van der Waals surface area contributed by atoms with Gasteiger partial charge in [0.25, 0.3) is 5.91 Å². The van der Waals surface area contributed by atoms with Gasteiger partial charge in [-0.25, -0.2) is 13.4 Å². The third kappa shape index (κ3) is 4.01. The van der Waals surface area contributed by atoms with Crippen LogP contribution < -0.4 is 5.32 Å². The van der Waals surface area contributed by atoms with E-state index in [9.17, 15) is 13.2 Å². The number of carbonyl (C=O) groups excluding carboxylic acids is 1. The SMILES string of the molecule is Cc1ccc(C(=O)NCc2ccccc2-n2ccnc2)cc1S(=O)(=O)N1CCCC1. The van der Waals surface area contributed by atoms with E-state index in [0.717, 1.165) is 24.1 Å². The number of para-hydroxylation sites is 1. The molecule has 2 heterocycles. The van der Waals surface area contributed by atoms with Gasteiger partial charge in [-0.15, -0.1) is 0 Å². The van der Waals surface area contributed by atoms with Gasteiger partial charge in [0.1, 0.15) is 0 Å². The number of amides is 1. The van der Waals surface area contributed by atoms with Crippen molar-refractivity contribution in [1.29, 1.82) is 0 Å². The number of aromatic nitrogens is 2. The summed E-state index contributed by atoms with van der Waals surface area (Å²) >= 11 is 0. The molecule has 0 radical (unpaired) electrons. The molecule has 30 heavy (non-hydrogen) atoms. The van der Waals surface area contributed by atoms with E-state index < -0.39 is 10.0 Å². The van der Waals surface area contributed by atoms with Crippen LogP contribution in [-0.2, 0) is 16.6 Å². The first kappa shape index (κ1) is 20.3. The normalized spacial score (nSPS) is 14.7. The minimum Gasteiger partial charge on any atom is -0.348 e. The molecule has 0 unspecified atom stereocenters. The topological polar surface area (TPSA) is 84.3 Å². The fourth-order valence-corrected chi connectivity index (χ4v) is 5.45. The van der Waals surface area contributed by atoms with Gasteiger partial charge in [0.15, 0.2) is 0 Å². The summed E-state index contributed by atoms with van der Waals surface area (Å²) in [6, 6.07) is 12.6. The third-order valence-electron chi connectivity index (χ3n) is 5.35. The molecule has 156 valence electrons. The largest absolute Gasteiger partial charge is 0.348 e. The Bertz CT molecular complexity index is 1150. The summed E-state index contributed by atoms with van der Waals surface area (Å²) in [6.07, 6.45) is 6.99. The molecule has 1 N–H and O–H groups in total. The van der Waals surface area contributed by atoms with Gasteiger partial charge >= 0.3 is 0 Å². The van der Waals surface area contributed by atoms with E-state index in [1.807, 2.05) is 35.0 Å². The molecule has 0 spiro atoms. The summed E-state index contributed by atoms with van der Waals surface area (Å²) in [5.41, 5.74) is 2.83. The molecule has 4 rings (SSSR count). The fraction of sp³-hybridized carbons (Fsp3) is 0.273. The first-order valence-corrected chi connectivity index (χ1v) is 11.4. The Balaban J connectivity index is 1.54. The van der Waals surface area contributed by atoms with E-state index in [2.05, 4.69) is 10.3 Å². The van der Waals surface area contributed by atoms with E-state index in [-0.39, 0.29) is 10.8 Å². The Morgan fingerprint density at radius 1 is 1.13 bits per heavy atom. The fourth-order valence-electron chi connectivity index (χ4n) is 3.68. The molecule has 0 bridgehead atoms. The Morgan fingerprint density at radius 2 is 1.90 bits per heavy atom. The first-order chi connectivity index (χ1) is 14.5. The summed E-state index contributed by atoms with van der Waals surface area (Å²) < 4.78 is 29.3. The molecule has 0 atom stereocenters. The number of hydrogen-bond acceptors (Lipinski definition) is 4. The molecule has 3 aromatic rings. The van der Waals surface area contributed by atoms with E-state index in [0.29, 0.717) is 30.8 Å². The van der Waals surface area contributed by atoms with Crippen LogP contribution in [-0.4, -0.2) is 41.3 Å². The predicted octanol–water partition coefficient (Wildman–Crippen LogP) is 2.90. The molecule has 1 saturated heterocycles. The van der Waals surface area contributed by atoms with Crippen molar-refractivity contribution < 1.29 is 13.2 Å². The van der Waals surface area contributed by atoms with Crippen LogP contribution in [0.5, 0.6) is 0 Å². The molecule has 8 heteroatoms. The summed E-state index contributed by atoms with van der Waals surface area (Å²) in [4.78, 5) is 17.1. The maximum atomic E-state index is 13.0.